The number of rotatable bonds is 2. The SMILES string of the molecule is Nc1cc(Cl)ccc1-c1nnnn1-c1ccccc1. The van der Waals surface area contributed by atoms with E-state index in [1.165, 1.54) is 0 Å². The van der Waals surface area contributed by atoms with Gasteiger partial charge in [-0.1, -0.05) is 29.8 Å². The Morgan fingerprint density at radius 1 is 1.05 bits per heavy atom. The Balaban J connectivity index is 2.15. The van der Waals surface area contributed by atoms with Crippen LogP contribution in [0.5, 0.6) is 0 Å². The molecule has 3 rings (SSSR count). The van der Waals surface area contributed by atoms with Crippen LogP contribution >= 0.6 is 11.6 Å². The molecule has 0 spiro atoms. The normalized spacial score (nSPS) is 10.6. The van der Waals surface area contributed by atoms with E-state index in [-0.39, 0.29) is 0 Å². The molecule has 0 saturated heterocycles. The number of para-hydroxylation sites is 1. The molecule has 0 aliphatic rings. The van der Waals surface area contributed by atoms with Gasteiger partial charge in [0.1, 0.15) is 0 Å². The standard InChI is InChI=1S/C13H10ClN5/c14-9-6-7-11(12(15)8-9)13-16-17-18-19(13)10-4-2-1-3-5-10/h1-8H,15H2. The maximum Gasteiger partial charge on any atom is 0.189 e. The zero-order valence-corrected chi connectivity index (χ0v) is 10.6. The Kier molecular flexibility index (Phi) is 2.89. The van der Waals surface area contributed by atoms with E-state index < -0.39 is 0 Å². The summed E-state index contributed by atoms with van der Waals surface area (Å²) in [4.78, 5) is 0. The van der Waals surface area contributed by atoms with Gasteiger partial charge >= 0.3 is 0 Å². The molecular weight excluding hydrogens is 262 g/mol. The molecule has 0 amide bonds. The number of hydrogen-bond donors (Lipinski definition) is 1. The molecule has 0 unspecified atom stereocenters. The maximum atomic E-state index is 5.97. The molecule has 3 aromatic rings. The number of tetrazole rings is 1. The second kappa shape index (κ2) is 4.70. The highest BCUT2D eigenvalue weighted by Crippen LogP contribution is 2.27. The Labute approximate surface area is 114 Å². The minimum Gasteiger partial charge on any atom is -0.398 e. The highest BCUT2D eigenvalue weighted by atomic mass is 35.5. The average Bonchev–Trinajstić information content (AvgIpc) is 2.89. The lowest BCUT2D eigenvalue weighted by molar-refractivity contribution is 0.791. The molecule has 0 bridgehead atoms. The molecule has 94 valence electrons. The fourth-order valence-corrected chi connectivity index (χ4v) is 2.02. The van der Waals surface area contributed by atoms with Crippen LogP contribution in [-0.4, -0.2) is 20.2 Å². The number of aromatic nitrogens is 4. The molecule has 0 aliphatic heterocycles. The van der Waals surface area contributed by atoms with Crippen LogP contribution in [0.4, 0.5) is 5.69 Å². The number of benzene rings is 2. The highest BCUT2D eigenvalue weighted by molar-refractivity contribution is 6.31. The van der Waals surface area contributed by atoms with E-state index in [0.29, 0.717) is 16.5 Å². The van der Waals surface area contributed by atoms with Crippen molar-refractivity contribution >= 4 is 17.3 Å². The van der Waals surface area contributed by atoms with Crippen molar-refractivity contribution in [2.24, 2.45) is 0 Å². The molecule has 0 aliphatic carbocycles. The summed E-state index contributed by atoms with van der Waals surface area (Å²) in [6.45, 7) is 0. The molecule has 6 heteroatoms. The van der Waals surface area contributed by atoms with E-state index in [1.807, 2.05) is 36.4 Å². The molecule has 0 radical (unpaired) electrons. The Morgan fingerprint density at radius 2 is 1.84 bits per heavy atom. The van der Waals surface area contributed by atoms with Crippen LogP contribution in [0.3, 0.4) is 0 Å². The quantitative estimate of drug-likeness (QED) is 0.727. The molecule has 1 heterocycles. The topological polar surface area (TPSA) is 69.6 Å². The zero-order chi connectivity index (χ0) is 13.2. The molecule has 0 fully saturated rings. The summed E-state index contributed by atoms with van der Waals surface area (Å²) < 4.78 is 1.64. The third-order valence-corrected chi connectivity index (χ3v) is 2.96. The van der Waals surface area contributed by atoms with Crippen molar-refractivity contribution in [2.75, 3.05) is 5.73 Å². The van der Waals surface area contributed by atoms with Crippen molar-refractivity contribution in [2.45, 2.75) is 0 Å². The smallest absolute Gasteiger partial charge is 0.189 e. The summed E-state index contributed by atoms with van der Waals surface area (Å²) in [5.41, 5.74) is 8.13. The van der Waals surface area contributed by atoms with Crippen molar-refractivity contribution in [1.82, 2.24) is 20.2 Å². The third-order valence-electron chi connectivity index (χ3n) is 2.72. The van der Waals surface area contributed by atoms with Crippen molar-refractivity contribution in [3.8, 4) is 17.1 Å². The second-order valence-corrected chi connectivity index (χ2v) is 4.42. The van der Waals surface area contributed by atoms with Crippen LogP contribution in [0.15, 0.2) is 48.5 Å². The maximum absolute atomic E-state index is 5.97. The van der Waals surface area contributed by atoms with E-state index in [0.717, 1.165) is 11.3 Å². The number of halogens is 1. The summed E-state index contributed by atoms with van der Waals surface area (Å²) >= 11 is 5.90. The van der Waals surface area contributed by atoms with Crippen LogP contribution in [0.25, 0.3) is 17.1 Å². The summed E-state index contributed by atoms with van der Waals surface area (Å²) in [7, 11) is 0. The first-order valence-electron chi connectivity index (χ1n) is 5.65. The molecule has 2 aromatic carbocycles. The van der Waals surface area contributed by atoms with Gasteiger partial charge in [0, 0.05) is 16.3 Å². The number of nitrogens with zero attached hydrogens (tertiary/aromatic N) is 4. The van der Waals surface area contributed by atoms with Gasteiger partial charge in [-0.15, -0.1) is 5.10 Å². The van der Waals surface area contributed by atoms with Crippen molar-refractivity contribution in [3.05, 3.63) is 53.6 Å². The van der Waals surface area contributed by atoms with Gasteiger partial charge in [-0.05, 0) is 40.8 Å². The predicted octanol–water partition coefficient (Wildman–Crippen LogP) is 2.56. The number of nitrogen functional groups attached to an aromatic ring is 1. The van der Waals surface area contributed by atoms with Gasteiger partial charge < -0.3 is 5.73 Å². The largest absolute Gasteiger partial charge is 0.398 e. The average molecular weight is 272 g/mol. The fourth-order valence-electron chi connectivity index (χ4n) is 1.84. The van der Waals surface area contributed by atoms with Gasteiger partial charge in [0.15, 0.2) is 5.82 Å². The summed E-state index contributed by atoms with van der Waals surface area (Å²) in [6.07, 6.45) is 0. The lowest BCUT2D eigenvalue weighted by Gasteiger charge is -2.07. The van der Waals surface area contributed by atoms with Crippen LogP contribution in [-0.2, 0) is 0 Å². The number of hydrogen-bond acceptors (Lipinski definition) is 4. The first kappa shape index (κ1) is 11.7. The minimum atomic E-state index is 0.541. The molecule has 0 atom stereocenters. The number of anilines is 1. The molecular formula is C13H10ClN5. The van der Waals surface area contributed by atoms with E-state index in [2.05, 4.69) is 15.5 Å². The van der Waals surface area contributed by atoms with Crippen molar-refractivity contribution in [1.29, 1.82) is 0 Å². The minimum absolute atomic E-state index is 0.541. The fraction of sp³-hybridized carbons (Fsp3) is 0. The zero-order valence-electron chi connectivity index (χ0n) is 9.86. The molecule has 0 saturated carbocycles. The Bertz CT molecular complexity index is 708. The molecule has 2 N–H and O–H groups in total. The van der Waals surface area contributed by atoms with Crippen LogP contribution < -0.4 is 5.73 Å². The van der Waals surface area contributed by atoms with Gasteiger partial charge in [-0.25, -0.2) is 0 Å². The van der Waals surface area contributed by atoms with E-state index in [9.17, 15) is 0 Å². The van der Waals surface area contributed by atoms with Gasteiger partial charge in [0.2, 0.25) is 0 Å². The van der Waals surface area contributed by atoms with E-state index >= 15 is 0 Å². The predicted molar refractivity (Wildman–Crippen MR) is 74.0 cm³/mol. The summed E-state index contributed by atoms with van der Waals surface area (Å²) in [5.74, 6) is 0.584. The van der Waals surface area contributed by atoms with Crippen molar-refractivity contribution in [3.63, 3.8) is 0 Å². The first-order chi connectivity index (χ1) is 9.25. The third kappa shape index (κ3) is 2.15. The van der Waals surface area contributed by atoms with E-state index in [4.69, 9.17) is 17.3 Å². The van der Waals surface area contributed by atoms with Gasteiger partial charge in [-0.2, -0.15) is 4.68 Å². The first-order valence-corrected chi connectivity index (χ1v) is 6.03. The van der Waals surface area contributed by atoms with Crippen LogP contribution in [0.1, 0.15) is 0 Å². The highest BCUT2D eigenvalue weighted by Gasteiger charge is 2.13. The van der Waals surface area contributed by atoms with Crippen molar-refractivity contribution < 1.29 is 0 Å². The second-order valence-electron chi connectivity index (χ2n) is 3.98. The monoisotopic (exact) mass is 271 g/mol. The van der Waals surface area contributed by atoms with Crippen LogP contribution in [0.2, 0.25) is 5.02 Å². The van der Waals surface area contributed by atoms with Crippen LogP contribution in [0, 0.1) is 0 Å². The Morgan fingerprint density at radius 3 is 2.58 bits per heavy atom. The Hall–Kier alpha value is -2.40. The van der Waals surface area contributed by atoms with Gasteiger partial charge in [0.05, 0.1) is 5.69 Å². The van der Waals surface area contributed by atoms with E-state index in [1.54, 1.807) is 16.8 Å². The summed E-state index contributed by atoms with van der Waals surface area (Å²) in [6, 6.07) is 14.9. The molecule has 19 heavy (non-hydrogen) atoms. The lowest BCUT2D eigenvalue weighted by Crippen LogP contribution is -2.01. The van der Waals surface area contributed by atoms with Gasteiger partial charge in [-0.3, -0.25) is 0 Å². The lowest BCUT2D eigenvalue weighted by atomic mass is 10.1. The van der Waals surface area contributed by atoms with Gasteiger partial charge in [0.25, 0.3) is 0 Å². The molecule has 5 nitrogen and oxygen atoms in total. The molecule has 1 aromatic heterocycles. The summed E-state index contributed by atoms with van der Waals surface area (Å²) in [5, 5.41) is 12.3. The number of nitrogens with two attached hydrogens (primary N) is 1.